The lowest BCUT2D eigenvalue weighted by Gasteiger charge is -2.35. The fraction of sp³-hybridized carbons (Fsp3) is 0.323. The van der Waals surface area contributed by atoms with Gasteiger partial charge >= 0.3 is 0 Å². The fourth-order valence-corrected chi connectivity index (χ4v) is 5.13. The molecule has 0 aliphatic carbocycles. The van der Waals surface area contributed by atoms with E-state index in [-0.39, 0.29) is 5.91 Å². The number of carbonyl (C=O) groups excluding carboxylic acids is 1. The van der Waals surface area contributed by atoms with Crippen LogP contribution in [0.5, 0.6) is 5.75 Å². The minimum Gasteiger partial charge on any atom is -0.496 e. The molecule has 1 aliphatic heterocycles. The van der Waals surface area contributed by atoms with Crippen molar-refractivity contribution in [1.29, 1.82) is 0 Å². The van der Waals surface area contributed by atoms with E-state index in [1.165, 1.54) is 5.56 Å². The number of nitrogens with zero attached hydrogens (tertiary/aromatic N) is 3. The zero-order valence-electron chi connectivity index (χ0n) is 22.4. The molecule has 4 aromatic rings. The van der Waals surface area contributed by atoms with Crippen molar-refractivity contribution in [2.75, 3.05) is 25.5 Å². The molecule has 5 rings (SSSR count). The van der Waals surface area contributed by atoms with Gasteiger partial charge in [-0.1, -0.05) is 35.5 Å². The number of amides is 1. The number of rotatable bonds is 7. The van der Waals surface area contributed by atoms with Crippen LogP contribution in [0.15, 0.2) is 71.3 Å². The molecule has 1 aliphatic rings. The Morgan fingerprint density at radius 2 is 1.74 bits per heavy atom. The van der Waals surface area contributed by atoms with Crippen molar-refractivity contribution >= 4 is 11.6 Å². The van der Waals surface area contributed by atoms with Crippen LogP contribution in [0, 0.1) is 6.92 Å². The highest BCUT2D eigenvalue weighted by molar-refractivity contribution is 6.04. The number of benzene rings is 3. The fourth-order valence-electron chi connectivity index (χ4n) is 5.13. The van der Waals surface area contributed by atoms with Gasteiger partial charge in [-0.05, 0) is 98.8 Å². The van der Waals surface area contributed by atoms with Crippen molar-refractivity contribution in [3.05, 3.63) is 83.7 Å². The van der Waals surface area contributed by atoms with Crippen LogP contribution in [-0.2, 0) is 0 Å². The third-order valence-corrected chi connectivity index (χ3v) is 7.32. The molecule has 0 unspecified atom stereocenters. The van der Waals surface area contributed by atoms with Crippen LogP contribution in [0.1, 0.15) is 54.4 Å². The first-order valence-electron chi connectivity index (χ1n) is 13.2. The van der Waals surface area contributed by atoms with Crippen LogP contribution in [0.25, 0.3) is 22.5 Å². The van der Waals surface area contributed by atoms with Crippen molar-refractivity contribution in [2.45, 2.75) is 45.6 Å². The SMILES string of the molecule is COc1ccc(NC(=O)c2ccc(-c3cccc(-c4noc(C)n4)c3)cc2)cc1C1CCN(C(C)C)CC1. The number of methoxy groups -OCH3 is 1. The number of hydrogen-bond donors (Lipinski definition) is 1. The van der Waals surface area contributed by atoms with Gasteiger partial charge in [0, 0.05) is 29.8 Å². The first kappa shape index (κ1) is 25.7. The second kappa shape index (κ2) is 11.2. The number of aryl methyl sites for hydroxylation is 1. The van der Waals surface area contributed by atoms with Crippen molar-refractivity contribution in [3.8, 4) is 28.3 Å². The molecule has 7 heteroatoms. The molecule has 38 heavy (non-hydrogen) atoms. The van der Waals surface area contributed by atoms with Crippen LogP contribution in [0.3, 0.4) is 0 Å². The van der Waals surface area contributed by atoms with Crippen molar-refractivity contribution in [1.82, 2.24) is 15.0 Å². The van der Waals surface area contributed by atoms with Gasteiger partial charge in [-0.15, -0.1) is 0 Å². The zero-order chi connectivity index (χ0) is 26.6. The summed E-state index contributed by atoms with van der Waals surface area (Å²) in [6.07, 6.45) is 2.17. The summed E-state index contributed by atoms with van der Waals surface area (Å²) in [6.45, 7) is 8.42. The van der Waals surface area contributed by atoms with Crippen LogP contribution < -0.4 is 10.1 Å². The van der Waals surface area contributed by atoms with E-state index in [1.807, 2.05) is 60.7 Å². The van der Waals surface area contributed by atoms with E-state index in [4.69, 9.17) is 9.26 Å². The third kappa shape index (κ3) is 5.63. The largest absolute Gasteiger partial charge is 0.496 e. The summed E-state index contributed by atoms with van der Waals surface area (Å²) >= 11 is 0. The molecule has 0 radical (unpaired) electrons. The van der Waals surface area contributed by atoms with Gasteiger partial charge in [0.15, 0.2) is 0 Å². The van der Waals surface area contributed by atoms with E-state index < -0.39 is 0 Å². The average Bonchev–Trinajstić information content (AvgIpc) is 3.39. The van der Waals surface area contributed by atoms with E-state index in [0.717, 1.165) is 54.1 Å². The molecule has 7 nitrogen and oxygen atoms in total. The Labute approximate surface area is 223 Å². The van der Waals surface area contributed by atoms with Gasteiger partial charge in [0.05, 0.1) is 7.11 Å². The first-order valence-corrected chi connectivity index (χ1v) is 13.2. The Kier molecular flexibility index (Phi) is 7.56. The number of anilines is 1. The molecule has 0 bridgehead atoms. The van der Waals surface area contributed by atoms with Gasteiger partial charge in [0.25, 0.3) is 5.91 Å². The predicted octanol–water partition coefficient (Wildman–Crippen LogP) is 6.56. The van der Waals surface area contributed by atoms with Gasteiger partial charge in [-0.3, -0.25) is 4.79 Å². The molecule has 1 fully saturated rings. The van der Waals surface area contributed by atoms with Crippen LogP contribution in [0.2, 0.25) is 0 Å². The second-order valence-electron chi connectivity index (χ2n) is 10.1. The van der Waals surface area contributed by atoms with E-state index >= 15 is 0 Å². The maximum Gasteiger partial charge on any atom is 0.255 e. The standard InChI is InChI=1S/C31H34N4O3/c1-20(2)35-16-14-23(15-17-35)28-19-27(12-13-29(28)37-4)33-31(36)24-10-8-22(9-11-24)25-6-5-7-26(18-25)30-32-21(3)38-34-30/h5-13,18-20,23H,14-17H2,1-4H3,(H,33,36). The number of hydrogen-bond acceptors (Lipinski definition) is 6. The molecule has 0 atom stereocenters. The molecule has 0 saturated carbocycles. The highest BCUT2D eigenvalue weighted by Crippen LogP contribution is 2.36. The molecular formula is C31H34N4O3. The molecule has 0 spiro atoms. The second-order valence-corrected chi connectivity index (χ2v) is 10.1. The maximum atomic E-state index is 13.1. The van der Waals surface area contributed by atoms with Crippen LogP contribution >= 0.6 is 0 Å². The highest BCUT2D eigenvalue weighted by atomic mass is 16.5. The smallest absolute Gasteiger partial charge is 0.255 e. The van der Waals surface area contributed by atoms with Gasteiger partial charge in [0.1, 0.15) is 5.75 Å². The number of carbonyl (C=O) groups is 1. The van der Waals surface area contributed by atoms with E-state index in [9.17, 15) is 4.79 Å². The van der Waals surface area contributed by atoms with Gasteiger partial charge in [-0.2, -0.15) is 4.98 Å². The highest BCUT2D eigenvalue weighted by Gasteiger charge is 2.24. The predicted molar refractivity (Wildman–Crippen MR) is 150 cm³/mol. The average molecular weight is 511 g/mol. The minimum absolute atomic E-state index is 0.140. The van der Waals surface area contributed by atoms with Crippen LogP contribution in [0.4, 0.5) is 5.69 Å². The molecule has 1 amide bonds. The molecular weight excluding hydrogens is 476 g/mol. The summed E-state index contributed by atoms with van der Waals surface area (Å²) in [5.74, 6) is 2.25. The van der Waals surface area contributed by atoms with Crippen molar-refractivity contribution in [3.63, 3.8) is 0 Å². The Morgan fingerprint density at radius 3 is 2.39 bits per heavy atom. The Bertz CT molecular complexity index is 1400. The minimum atomic E-state index is -0.140. The number of ether oxygens (including phenoxy) is 1. The summed E-state index contributed by atoms with van der Waals surface area (Å²) in [4.78, 5) is 19.9. The summed E-state index contributed by atoms with van der Waals surface area (Å²) in [5, 5.41) is 7.08. The quantitative estimate of drug-likeness (QED) is 0.303. The molecule has 1 N–H and O–H groups in total. The van der Waals surface area contributed by atoms with Crippen molar-refractivity contribution < 1.29 is 14.1 Å². The van der Waals surface area contributed by atoms with Crippen molar-refractivity contribution in [2.24, 2.45) is 0 Å². The summed E-state index contributed by atoms with van der Waals surface area (Å²) in [6, 6.07) is 22.1. The molecule has 3 aromatic carbocycles. The lowest BCUT2D eigenvalue weighted by molar-refractivity contribution is 0.102. The monoisotopic (exact) mass is 510 g/mol. The maximum absolute atomic E-state index is 13.1. The van der Waals surface area contributed by atoms with Gasteiger partial charge in [-0.25, -0.2) is 0 Å². The zero-order valence-corrected chi connectivity index (χ0v) is 22.4. The summed E-state index contributed by atoms with van der Waals surface area (Å²) < 4.78 is 10.8. The third-order valence-electron chi connectivity index (χ3n) is 7.32. The Morgan fingerprint density at radius 1 is 1.00 bits per heavy atom. The molecule has 2 heterocycles. The summed E-state index contributed by atoms with van der Waals surface area (Å²) in [7, 11) is 1.71. The Balaban J connectivity index is 1.29. The van der Waals surface area contributed by atoms with E-state index in [0.29, 0.717) is 29.2 Å². The molecule has 196 valence electrons. The lowest BCUT2D eigenvalue weighted by Crippen LogP contribution is -2.37. The Hall–Kier alpha value is -3.97. The number of piperidine rings is 1. The first-order chi connectivity index (χ1) is 18.4. The topological polar surface area (TPSA) is 80.5 Å². The molecule has 1 saturated heterocycles. The van der Waals surface area contributed by atoms with E-state index in [1.54, 1.807) is 14.0 Å². The van der Waals surface area contributed by atoms with Gasteiger partial charge in [0.2, 0.25) is 11.7 Å². The number of likely N-dealkylation sites (tertiary alicyclic amines) is 1. The summed E-state index contributed by atoms with van der Waals surface area (Å²) in [5.41, 5.74) is 5.45. The number of aromatic nitrogens is 2. The van der Waals surface area contributed by atoms with Gasteiger partial charge < -0.3 is 19.5 Å². The number of nitrogens with one attached hydrogen (secondary N) is 1. The van der Waals surface area contributed by atoms with Crippen LogP contribution in [-0.4, -0.2) is 47.2 Å². The lowest BCUT2D eigenvalue weighted by atomic mass is 9.88. The molecule has 1 aromatic heterocycles. The normalized spacial score (nSPS) is 14.6. The van der Waals surface area contributed by atoms with E-state index in [2.05, 4.69) is 40.3 Å².